The quantitative estimate of drug-likeness (QED) is 0.0465. The number of methoxy groups -OCH3 is 1. The summed E-state index contributed by atoms with van der Waals surface area (Å²) in [5.74, 6) is -5.60. The minimum Gasteiger partial charge on any atom is -0.491 e. The molecule has 33 heteroatoms. The van der Waals surface area contributed by atoms with Crippen molar-refractivity contribution in [1.82, 2.24) is 81.5 Å². The molecule has 10 amide bonds. The number of aromatic nitrogens is 6. The number of hydrogen-bond donors (Lipinski definition) is 6. The number of benzene rings is 5. The highest BCUT2D eigenvalue weighted by Gasteiger charge is 2.51. The molecule has 1 aliphatic carbocycles. The van der Waals surface area contributed by atoms with E-state index < -0.39 is 160 Å². The second-order valence-corrected chi connectivity index (χ2v) is 36.5. The van der Waals surface area contributed by atoms with Gasteiger partial charge in [-0.15, -0.1) is 10.2 Å². The van der Waals surface area contributed by atoms with Crippen LogP contribution in [0.1, 0.15) is 169 Å². The lowest BCUT2D eigenvalue weighted by atomic mass is 9.85. The van der Waals surface area contributed by atoms with Crippen molar-refractivity contribution in [1.29, 1.82) is 5.26 Å². The van der Waals surface area contributed by atoms with Gasteiger partial charge >= 0.3 is 18.2 Å². The van der Waals surface area contributed by atoms with Crippen LogP contribution in [0.5, 0.6) is 5.75 Å². The predicted molar refractivity (Wildman–Crippen MR) is 458 cm³/mol. The van der Waals surface area contributed by atoms with Crippen LogP contribution in [0.3, 0.4) is 0 Å². The summed E-state index contributed by atoms with van der Waals surface area (Å²) in [7, 11) is 4.01. The van der Waals surface area contributed by atoms with Crippen LogP contribution in [-0.2, 0) is 94.6 Å². The number of likely N-dealkylation sites (tertiary alicyclic amines) is 2. The molecule has 660 valence electrons. The molecular weight excluding hydrogens is 1590 g/mol. The van der Waals surface area contributed by atoms with Crippen molar-refractivity contribution in [3.63, 3.8) is 0 Å². The Hall–Kier alpha value is -12.8. The monoisotopic (exact) mass is 1700 g/mol. The number of rotatable bonds is 13. The van der Waals surface area contributed by atoms with E-state index in [-0.39, 0.29) is 64.8 Å². The molecule has 0 saturated carbocycles. The highest BCUT2D eigenvalue weighted by atomic mass is 16.6. The van der Waals surface area contributed by atoms with E-state index in [4.69, 9.17) is 23.7 Å². The maximum absolute atomic E-state index is 15.9. The Labute approximate surface area is 722 Å². The number of ether oxygens (including phenoxy) is 5. The topological polar surface area (TPSA) is 404 Å². The largest absolute Gasteiger partial charge is 0.491 e. The molecule has 7 aliphatic rings. The van der Waals surface area contributed by atoms with Gasteiger partial charge in [0.15, 0.2) is 0 Å². The lowest BCUT2D eigenvalue weighted by molar-refractivity contribution is -0.146. The fourth-order valence-electron chi connectivity index (χ4n) is 15.4. The molecule has 2 saturated heterocycles. The van der Waals surface area contributed by atoms with Crippen molar-refractivity contribution >= 4 is 87.0 Å². The van der Waals surface area contributed by atoms with Gasteiger partial charge in [0.25, 0.3) is 0 Å². The van der Waals surface area contributed by atoms with Gasteiger partial charge in [-0.25, -0.2) is 23.7 Å². The molecule has 5 aromatic carbocycles. The molecule has 124 heavy (non-hydrogen) atoms. The van der Waals surface area contributed by atoms with E-state index in [1.807, 2.05) is 84.9 Å². The number of carbonyl (C=O) groups excluding carboxylic acids is 11. The van der Waals surface area contributed by atoms with E-state index >= 15 is 28.8 Å². The third kappa shape index (κ3) is 23.1. The predicted octanol–water partition coefficient (Wildman–Crippen LogP) is 8.50. The molecule has 6 aliphatic heterocycles. The molecular formula is C91H115N17O16. The maximum atomic E-state index is 15.9. The van der Waals surface area contributed by atoms with Gasteiger partial charge in [0.2, 0.25) is 47.3 Å². The summed E-state index contributed by atoms with van der Waals surface area (Å²) >= 11 is 0. The number of fused-ring (bicyclic) bond motifs is 2. The van der Waals surface area contributed by atoms with Gasteiger partial charge in [-0.3, -0.25) is 48.2 Å². The van der Waals surface area contributed by atoms with Crippen LogP contribution >= 0.6 is 0 Å². The van der Waals surface area contributed by atoms with Crippen LogP contribution in [0.25, 0.3) is 21.5 Å². The zero-order chi connectivity index (χ0) is 90.0. The Balaban J connectivity index is 0.936. The number of allylic oxidation sites excluding steroid dienone is 3. The van der Waals surface area contributed by atoms with E-state index in [9.17, 15) is 29.2 Å². The fourth-order valence-corrected chi connectivity index (χ4v) is 15.4. The number of carbonyl (C=O) groups is 11. The number of nitrogens with one attached hydrogen (secondary N) is 6. The van der Waals surface area contributed by atoms with Crippen LogP contribution in [0.2, 0.25) is 0 Å². The summed E-state index contributed by atoms with van der Waals surface area (Å²) in [6.45, 7) is 23.3. The van der Waals surface area contributed by atoms with Gasteiger partial charge in [0.1, 0.15) is 102 Å². The van der Waals surface area contributed by atoms with Crippen LogP contribution in [0, 0.1) is 22.2 Å². The molecule has 12 unspecified atom stereocenters. The van der Waals surface area contributed by atoms with Crippen molar-refractivity contribution in [3.05, 3.63) is 173 Å². The molecule has 0 radical (unpaired) electrons. The Bertz CT molecular complexity index is 5240. The Morgan fingerprint density at radius 3 is 1.42 bits per heavy atom. The van der Waals surface area contributed by atoms with Crippen molar-refractivity contribution in [2.75, 3.05) is 34.3 Å². The van der Waals surface area contributed by atoms with Crippen LogP contribution in [0.4, 0.5) is 9.59 Å². The number of esters is 1. The van der Waals surface area contributed by atoms with Crippen LogP contribution < -0.4 is 36.6 Å². The van der Waals surface area contributed by atoms with Gasteiger partial charge in [0, 0.05) is 59.3 Å². The first kappa shape index (κ1) is 92.0. The number of likely N-dealkylation sites (N-methyl/N-ethyl adjacent to an activating group) is 2. The van der Waals surface area contributed by atoms with E-state index in [0.717, 1.165) is 36.9 Å². The highest BCUT2D eigenvalue weighted by molar-refractivity contribution is 5.99. The van der Waals surface area contributed by atoms with Crippen molar-refractivity contribution < 1.29 is 76.4 Å². The van der Waals surface area contributed by atoms with E-state index in [2.05, 4.69) is 58.6 Å². The van der Waals surface area contributed by atoms with Crippen molar-refractivity contribution in [2.24, 2.45) is 10.8 Å². The second kappa shape index (κ2) is 38.8. The Morgan fingerprint density at radius 2 is 1.00 bits per heavy atom. The molecule has 8 heterocycles. The second-order valence-electron chi connectivity index (χ2n) is 36.5. The average molecular weight is 1700 g/mol. The molecule has 2 fully saturated rings. The number of nitrogens with zero attached hydrogens (tertiary/aromatic N) is 11. The molecule has 8 bridgehead atoms. The summed E-state index contributed by atoms with van der Waals surface area (Å²) < 4.78 is 32.0. The number of nitriles is 1. The maximum Gasteiger partial charge on any atom is 0.410 e. The first-order valence-electron chi connectivity index (χ1n) is 41.9. The summed E-state index contributed by atoms with van der Waals surface area (Å²) in [6, 6.07) is 20.6. The van der Waals surface area contributed by atoms with Crippen LogP contribution in [0.15, 0.2) is 145 Å². The Morgan fingerprint density at radius 1 is 0.556 bits per heavy atom. The smallest absolute Gasteiger partial charge is 0.410 e. The first-order valence-corrected chi connectivity index (χ1v) is 41.9. The number of amides is 10. The highest BCUT2D eigenvalue weighted by Crippen LogP contribution is 2.36. The SMILES string of the molecule is COC(=O)C1Cc2ccc(cc2)OCc2cn(nn2)C2CCN(C(=O)C(NC(=O)C(C)N(C)C(=O)OC(C)(C)C)C(C)(C)C)C2C(=O)NC(Cc2ccc3ccccc3c2)C(=O)NC(C#N)CC2=CC=C(CC2)OCc2cn(nn2)C2CCN(C(=O)C(NC(=O)C(C)N(C)C(=O)OC(C)(C)C)C(C)(C)C)C2C(=O)NC(Cc2ccc3ccccc3c2)C(=O)N1. The minimum absolute atomic E-state index is 0.0406. The molecule has 7 aromatic rings. The van der Waals surface area contributed by atoms with E-state index in [1.165, 1.54) is 54.2 Å². The first-order chi connectivity index (χ1) is 58.5. The van der Waals surface area contributed by atoms with Gasteiger partial charge in [-0.05, 0) is 142 Å². The third-order valence-corrected chi connectivity index (χ3v) is 22.6. The molecule has 6 N–H and O–H groups in total. The zero-order valence-electron chi connectivity index (χ0n) is 73.6. The van der Waals surface area contributed by atoms with E-state index in [0.29, 0.717) is 52.4 Å². The molecule has 2 aromatic heterocycles. The average Bonchev–Trinajstić information content (AvgIpc) is 1.65. The Kier molecular flexibility index (Phi) is 28.7. The lowest BCUT2D eigenvalue weighted by Gasteiger charge is -2.37. The molecule has 33 nitrogen and oxygen atoms in total. The van der Waals surface area contributed by atoms with Gasteiger partial charge in [-0.2, -0.15) is 5.26 Å². The zero-order valence-corrected chi connectivity index (χ0v) is 73.6. The lowest BCUT2D eigenvalue weighted by Crippen LogP contribution is -2.62. The summed E-state index contributed by atoms with van der Waals surface area (Å²) in [4.78, 5) is 168. The molecule has 0 spiro atoms. The standard InChI is InChI=1S/C91H115N17O16/c1-53(103(15)86(118)123-90(9,10)11)77(109)97-75(88(3,4)5)83(115)105-40-38-71-73(105)81(113)94-68(46-57-26-32-59-22-18-20-24-61(59)42-57)79(111)93-63(48-92)44-55-28-34-66(35-29-55)121-51-64-49-108(102-99-64)72-39-41-106(84(116)76(89(6,7)8)98-78(110)54(2)104(16)87(119)124-91(12,13)14)74(72)82(114)95-69(47-58-27-33-60-23-19-21-25-62(60)43-58)80(112)96-70(85(117)120-17)45-56-30-36-67(37-31-56)122-52-65-50-107(71)101-100-65/h18-28,30-34,36-37,42-43,49-50,53-54,63,68-76H,29,35,38-41,44-47,51-52H2,1-17H3,(H,93,111)(H,94,113)(H,95,114)(H,96,112)(H,97,109)(H,98,110). The van der Waals surface area contributed by atoms with Gasteiger partial charge in [0.05, 0.1) is 43.4 Å². The molecule has 12 atom stereocenters. The van der Waals surface area contributed by atoms with Gasteiger partial charge < -0.3 is 65.4 Å². The van der Waals surface area contributed by atoms with Crippen LogP contribution in [-0.4, -0.2) is 221 Å². The van der Waals surface area contributed by atoms with Crippen molar-refractivity contribution in [3.8, 4) is 11.8 Å². The normalized spacial score (nSPS) is 21.3. The number of hydrogen-bond acceptors (Lipinski definition) is 21. The summed E-state index contributed by atoms with van der Waals surface area (Å²) in [5, 5.41) is 49.9. The summed E-state index contributed by atoms with van der Waals surface area (Å²) in [5.41, 5.74) is -0.523. The minimum atomic E-state index is -1.43. The third-order valence-electron chi connectivity index (χ3n) is 22.6. The van der Waals surface area contributed by atoms with Crippen molar-refractivity contribution in [2.45, 2.75) is 245 Å². The molecule has 14 rings (SSSR count). The van der Waals surface area contributed by atoms with Gasteiger partial charge in [-0.1, -0.05) is 161 Å². The van der Waals surface area contributed by atoms with E-state index in [1.54, 1.807) is 132 Å². The fraction of sp³-hybridized carbons (Fsp3) is 0.495. The summed E-state index contributed by atoms with van der Waals surface area (Å²) in [6.07, 6.45) is 5.98.